The number of amides is 1. The first kappa shape index (κ1) is 16.1. The van der Waals surface area contributed by atoms with Crippen molar-refractivity contribution in [2.24, 2.45) is 5.41 Å². The lowest BCUT2D eigenvalue weighted by molar-refractivity contribution is -0.122. The fraction of sp³-hybridized carbons (Fsp3) is 0.160. The summed E-state index contributed by atoms with van der Waals surface area (Å²) in [5, 5.41) is 0. The third-order valence-electron chi connectivity index (χ3n) is 5.82. The summed E-state index contributed by atoms with van der Waals surface area (Å²) in [4.78, 5) is 15.5. The average molecular weight is 351 g/mol. The van der Waals surface area contributed by atoms with Crippen molar-refractivity contribution >= 4 is 17.2 Å². The van der Waals surface area contributed by atoms with Crippen molar-refractivity contribution in [1.82, 2.24) is 0 Å². The van der Waals surface area contributed by atoms with Crippen LogP contribution in [-0.4, -0.2) is 5.91 Å². The normalized spacial score (nSPS) is 20.0. The van der Waals surface area contributed by atoms with Crippen LogP contribution in [0.1, 0.15) is 36.5 Å². The van der Waals surface area contributed by atoms with E-state index in [2.05, 4.69) is 62.4 Å². The maximum atomic E-state index is 13.5. The molecule has 0 spiro atoms. The number of para-hydroxylation sites is 1. The van der Waals surface area contributed by atoms with Gasteiger partial charge in [0.2, 0.25) is 5.91 Å². The highest BCUT2D eigenvalue weighted by Crippen LogP contribution is 2.58. The molecule has 27 heavy (non-hydrogen) atoms. The van der Waals surface area contributed by atoms with Crippen molar-refractivity contribution in [1.29, 1.82) is 0 Å². The molecule has 0 saturated heterocycles. The Balaban J connectivity index is 1.81. The fourth-order valence-electron chi connectivity index (χ4n) is 4.62. The van der Waals surface area contributed by atoms with Crippen molar-refractivity contribution in [3.63, 3.8) is 0 Å². The topological polar surface area (TPSA) is 20.3 Å². The number of hydrogen-bond donors (Lipinski definition) is 0. The van der Waals surface area contributed by atoms with Crippen LogP contribution in [0.2, 0.25) is 0 Å². The molecule has 5 rings (SSSR count). The molecule has 1 aliphatic heterocycles. The molecule has 0 fully saturated rings. The van der Waals surface area contributed by atoms with Gasteiger partial charge in [0, 0.05) is 11.4 Å². The second-order valence-electron chi connectivity index (χ2n) is 7.79. The molecule has 1 atom stereocenters. The molecule has 0 aromatic heterocycles. The molecule has 0 bridgehead atoms. The first-order valence-electron chi connectivity index (χ1n) is 9.39. The van der Waals surface area contributed by atoms with Gasteiger partial charge in [0.25, 0.3) is 0 Å². The van der Waals surface area contributed by atoms with Crippen LogP contribution in [0, 0.1) is 5.41 Å². The van der Waals surface area contributed by atoms with Crippen molar-refractivity contribution in [3.05, 3.63) is 107 Å². The number of nitrogens with zero attached hydrogens (tertiary/aromatic N) is 1. The Morgan fingerprint density at radius 3 is 2.07 bits per heavy atom. The highest BCUT2D eigenvalue weighted by Gasteiger charge is 2.53. The molecule has 1 heterocycles. The van der Waals surface area contributed by atoms with Crippen LogP contribution in [0.5, 0.6) is 0 Å². The summed E-state index contributed by atoms with van der Waals surface area (Å²) in [6.45, 7) is 4.11. The molecule has 2 nitrogen and oxygen atoms in total. The number of benzene rings is 3. The minimum Gasteiger partial charge on any atom is -0.283 e. The molecule has 1 aliphatic carbocycles. The Bertz CT molecular complexity index is 1060. The molecule has 0 radical (unpaired) electrons. The van der Waals surface area contributed by atoms with Crippen molar-refractivity contribution < 1.29 is 4.79 Å². The molecule has 132 valence electrons. The predicted molar refractivity (Wildman–Crippen MR) is 109 cm³/mol. The summed E-state index contributed by atoms with van der Waals surface area (Å²) in [7, 11) is 0. The average Bonchev–Trinajstić information content (AvgIpc) is 3.14. The lowest BCUT2D eigenvalue weighted by atomic mass is 9.82. The van der Waals surface area contributed by atoms with E-state index in [-0.39, 0.29) is 11.8 Å². The molecule has 0 N–H and O–H groups in total. The van der Waals surface area contributed by atoms with Crippen LogP contribution in [0.25, 0.3) is 5.57 Å². The van der Waals surface area contributed by atoms with Gasteiger partial charge in [-0.1, -0.05) is 72.8 Å². The summed E-state index contributed by atoms with van der Waals surface area (Å²) in [5.74, 6) is 0.220. The Morgan fingerprint density at radius 2 is 1.37 bits per heavy atom. The Hall–Kier alpha value is -3.13. The van der Waals surface area contributed by atoms with Gasteiger partial charge < -0.3 is 0 Å². The number of anilines is 1. The number of rotatable bonds is 2. The molecule has 2 heteroatoms. The molecule has 0 saturated carbocycles. The predicted octanol–water partition coefficient (Wildman–Crippen LogP) is 5.62. The van der Waals surface area contributed by atoms with Crippen LogP contribution >= 0.6 is 0 Å². The Kier molecular flexibility index (Phi) is 3.38. The summed E-state index contributed by atoms with van der Waals surface area (Å²) in [5.41, 5.74) is 6.39. The van der Waals surface area contributed by atoms with Gasteiger partial charge in [-0.2, -0.15) is 0 Å². The fourth-order valence-corrected chi connectivity index (χ4v) is 4.62. The van der Waals surface area contributed by atoms with E-state index < -0.39 is 5.41 Å². The monoisotopic (exact) mass is 351 g/mol. The Morgan fingerprint density at radius 1 is 0.778 bits per heavy atom. The first-order valence-corrected chi connectivity index (χ1v) is 9.39. The minimum absolute atomic E-state index is 0.0725. The smallest absolute Gasteiger partial charge is 0.241 e. The zero-order valence-corrected chi connectivity index (χ0v) is 15.5. The molecule has 2 aliphatic rings. The van der Waals surface area contributed by atoms with E-state index in [1.54, 1.807) is 0 Å². The number of fused-ring (bicyclic) bond motifs is 2. The van der Waals surface area contributed by atoms with E-state index >= 15 is 0 Å². The quantitative estimate of drug-likeness (QED) is 0.587. The standard InChI is InChI=1S/C25H21NO/c1-25(2)22-20-16-10-9-15-19(20)21(17-11-5-3-6-12-17)23(22)26(24(25)27)18-13-7-4-8-14-18/h3-16,21H,1-2H3. The SMILES string of the molecule is CC1(C)C(=O)N(c2ccccc2)C2=C1c1ccccc1C2c1ccccc1. The minimum atomic E-state index is -0.551. The van der Waals surface area contributed by atoms with E-state index in [0.717, 1.165) is 11.4 Å². The van der Waals surface area contributed by atoms with Crippen LogP contribution in [0.4, 0.5) is 5.69 Å². The van der Waals surface area contributed by atoms with Crippen LogP contribution in [0.3, 0.4) is 0 Å². The van der Waals surface area contributed by atoms with E-state index in [1.807, 2.05) is 41.3 Å². The highest BCUT2D eigenvalue weighted by atomic mass is 16.2. The van der Waals surface area contributed by atoms with Crippen molar-refractivity contribution in [2.45, 2.75) is 19.8 Å². The van der Waals surface area contributed by atoms with Crippen LogP contribution in [0.15, 0.2) is 90.6 Å². The zero-order chi connectivity index (χ0) is 18.6. The summed E-state index contributed by atoms with van der Waals surface area (Å²) in [6.07, 6.45) is 0. The van der Waals surface area contributed by atoms with Crippen molar-refractivity contribution in [3.8, 4) is 0 Å². The number of carbonyl (C=O) groups excluding carboxylic acids is 1. The van der Waals surface area contributed by atoms with Gasteiger partial charge >= 0.3 is 0 Å². The largest absolute Gasteiger partial charge is 0.283 e. The maximum absolute atomic E-state index is 13.5. The molecule has 3 aromatic rings. The van der Waals surface area contributed by atoms with Crippen LogP contribution in [-0.2, 0) is 4.79 Å². The number of allylic oxidation sites excluding steroid dienone is 1. The summed E-state index contributed by atoms with van der Waals surface area (Å²) < 4.78 is 0. The lowest BCUT2D eigenvalue weighted by Gasteiger charge is -2.29. The number of carbonyl (C=O) groups is 1. The van der Waals surface area contributed by atoms with Crippen LogP contribution < -0.4 is 4.90 Å². The summed E-state index contributed by atoms with van der Waals surface area (Å²) in [6, 6.07) is 29.1. The van der Waals surface area contributed by atoms with Gasteiger partial charge in [0.1, 0.15) is 0 Å². The third-order valence-corrected chi connectivity index (χ3v) is 5.82. The zero-order valence-electron chi connectivity index (χ0n) is 15.5. The highest BCUT2D eigenvalue weighted by molar-refractivity contribution is 6.16. The van der Waals surface area contributed by atoms with Gasteiger partial charge in [-0.3, -0.25) is 9.69 Å². The molecule has 1 amide bonds. The molecule has 1 unspecified atom stereocenters. The van der Waals surface area contributed by atoms with E-state index in [0.29, 0.717) is 0 Å². The molecular formula is C25H21NO. The van der Waals surface area contributed by atoms with E-state index in [4.69, 9.17) is 0 Å². The van der Waals surface area contributed by atoms with Gasteiger partial charge in [-0.25, -0.2) is 0 Å². The maximum Gasteiger partial charge on any atom is 0.241 e. The van der Waals surface area contributed by atoms with Gasteiger partial charge in [0.05, 0.1) is 11.3 Å². The second kappa shape index (κ2) is 5.68. The number of hydrogen-bond acceptors (Lipinski definition) is 1. The van der Waals surface area contributed by atoms with Crippen molar-refractivity contribution in [2.75, 3.05) is 4.90 Å². The van der Waals surface area contributed by atoms with E-state index in [9.17, 15) is 4.79 Å². The second-order valence-corrected chi connectivity index (χ2v) is 7.79. The van der Waals surface area contributed by atoms with Gasteiger partial charge in [-0.15, -0.1) is 0 Å². The van der Waals surface area contributed by atoms with Gasteiger partial charge in [-0.05, 0) is 48.2 Å². The third kappa shape index (κ3) is 2.16. The van der Waals surface area contributed by atoms with Gasteiger partial charge in [0.15, 0.2) is 0 Å². The first-order chi connectivity index (χ1) is 13.1. The summed E-state index contributed by atoms with van der Waals surface area (Å²) >= 11 is 0. The Labute approximate surface area is 159 Å². The lowest BCUT2D eigenvalue weighted by Crippen LogP contribution is -2.35. The van der Waals surface area contributed by atoms with E-state index in [1.165, 1.54) is 22.3 Å². The molecule has 3 aromatic carbocycles. The molecular weight excluding hydrogens is 330 g/mol.